The number of carbonyl (C=O) groups excluding carboxylic acids is 1. The summed E-state index contributed by atoms with van der Waals surface area (Å²) in [6.07, 6.45) is 2.74. The average Bonchev–Trinajstić information content (AvgIpc) is 3.20. The highest BCUT2D eigenvalue weighted by Gasteiger charge is 2.16. The van der Waals surface area contributed by atoms with Crippen LogP contribution in [0.2, 0.25) is 5.02 Å². The summed E-state index contributed by atoms with van der Waals surface area (Å²) in [4.78, 5) is 29.7. The van der Waals surface area contributed by atoms with Gasteiger partial charge in [0.15, 0.2) is 17.1 Å². The summed E-state index contributed by atoms with van der Waals surface area (Å²) in [7, 11) is 0. The first kappa shape index (κ1) is 19.1. The summed E-state index contributed by atoms with van der Waals surface area (Å²) in [6.45, 7) is 0.741. The molecule has 1 amide bonds. The molecule has 1 aliphatic heterocycles. The molecule has 0 fully saturated rings. The lowest BCUT2D eigenvalue weighted by molar-refractivity contribution is -0.116. The number of fused-ring (bicyclic) bond motifs is 2. The fourth-order valence-corrected chi connectivity index (χ4v) is 3.55. The number of para-hydroxylation sites is 1. The van der Waals surface area contributed by atoms with Crippen molar-refractivity contribution < 1.29 is 14.3 Å². The van der Waals surface area contributed by atoms with Gasteiger partial charge in [-0.3, -0.25) is 14.2 Å². The third-order valence-electron chi connectivity index (χ3n) is 4.78. The van der Waals surface area contributed by atoms with Crippen LogP contribution in [0, 0.1) is 0 Å². The van der Waals surface area contributed by atoms with Gasteiger partial charge in [0.2, 0.25) is 5.91 Å². The van der Waals surface area contributed by atoms with Crippen LogP contribution in [0.4, 0.5) is 5.69 Å². The molecule has 0 saturated heterocycles. The summed E-state index contributed by atoms with van der Waals surface area (Å²) in [6, 6.07) is 12.3. The van der Waals surface area contributed by atoms with Gasteiger partial charge in [-0.2, -0.15) is 5.10 Å². The Balaban J connectivity index is 1.38. The number of halogens is 1. The van der Waals surface area contributed by atoms with Gasteiger partial charge < -0.3 is 14.8 Å². The zero-order chi connectivity index (χ0) is 21.4. The van der Waals surface area contributed by atoms with E-state index in [1.807, 2.05) is 6.07 Å². The van der Waals surface area contributed by atoms with E-state index in [2.05, 4.69) is 15.4 Å². The van der Waals surface area contributed by atoms with E-state index >= 15 is 0 Å². The van der Waals surface area contributed by atoms with Crippen molar-refractivity contribution in [3.63, 3.8) is 0 Å². The van der Waals surface area contributed by atoms with Crippen LogP contribution >= 0.6 is 11.6 Å². The van der Waals surface area contributed by atoms with Crippen LogP contribution in [0.5, 0.6) is 11.5 Å². The molecule has 1 N–H and O–H groups in total. The molecule has 0 radical (unpaired) electrons. The van der Waals surface area contributed by atoms with Gasteiger partial charge >= 0.3 is 0 Å². The van der Waals surface area contributed by atoms with Gasteiger partial charge in [0.1, 0.15) is 31.5 Å². The van der Waals surface area contributed by atoms with Crippen LogP contribution in [0.15, 0.2) is 59.8 Å². The summed E-state index contributed by atoms with van der Waals surface area (Å²) in [5, 5.41) is 7.77. The first-order chi connectivity index (χ1) is 15.1. The lowest BCUT2D eigenvalue weighted by atomic mass is 10.2. The number of amides is 1. The maximum atomic E-state index is 12.9. The largest absolute Gasteiger partial charge is 0.486 e. The van der Waals surface area contributed by atoms with E-state index in [4.69, 9.17) is 21.1 Å². The molecular weight excluding hydrogens is 422 g/mol. The predicted molar refractivity (Wildman–Crippen MR) is 114 cm³/mol. The molecule has 0 spiro atoms. The molecule has 0 unspecified atom stereocenters. The third-order valence-corrected chi connectivity index (χ3v) is 5.09. The van der Waals surface area contributed by atoms with Crippen molar-refractivity contribution in [3.8, 4) is 17.2 Å². The van der Waals surface area contributed by atoms with E-state index in [0.717, 1.165) is 0 Å². The number of nitrogens with one attached hydrogen (secondary N) is 1. The number of anilines is 1. The first-order valence-corrected chi connectivity index (χ1v) is 9.85. The van der Waals surface area contributed by atoms with Crippen LogP contribution in [-0.4, -0.2) is 38.5 Å². The number of aromatic nitrogens is 4. The van der Waals surface area contributed by atoms with E-state index in [-0.39, 0.29) is 23.4 Å². The topological polar surface area (TPSA) is 100 Å². The van der Waals surface area contributed by atoms with Crippen molar-refractivity contribution in [2.75, 3.05) is 18.5 Å². The van der Waals surface area contributed by atoms with Crippen molar-refractivity contribution in [2.24, 2.45) is 0 Å². The first-order valence-electron chi connectivity index (χ1n) is 9.48. The quantitative estimate of drug-likeness (QED) is 0.527. The number of hydrogen-bond donors (Lipinski definition) is 1. The van der Waals surface area contributed by atoms with Gasteiger partial charge in [-0.05, 0) is 24.3 Å². The van der Waals surface area contributed by atoms with E-state index in [1.165, 1.54) is 21.8 Å². The maximum Gasteiger partial charge on any atom is 0.264 e. The smallest absolute Gasteiger partial charge is 0.264 e. The average molecular weight is 438 g/mol. The SMILES string of the molecule is O=C(Cn1cnc2c(cnn2-c2ccccc2Cl)c1=O)Nc1ccc2c(c1)OCCO2. The van der Waals surface area contributed by atoms with Crippen molar-refractivity contribution in [1.82, 2.24) is 19.3 Å². The number of rotatable bonds is 4. The van der Waals surface area contributed by atoms with Crippen LogP contribution < -0.4 is 20.3 Å². The number of hydrogen-bond acceptors (Lipinski definition) is 6. The molecule has 156 valence electrons. The number of ether oxygens (including phenoxy) is 2. The predicted octanol–water partition coefficient (Wildman–Crippen LogP) is 2.65. The Morgan fingerprint density at radius 3 is 2.77 bits per heavy atom. The minimum absolute atomic E-state index is 0.201. The highest BCUT2D eigenvalue weighted by molar-refractivity contribution is 6.32. The van der Waals surface area contributed by atoms with E-state index in [0.29, 0.717) is 46.8 Å². The van der Waals surface area contributed by atoms with Crippen LogP contribution in [0.3, 0.4) is 0 Å². The van der Waals surface area contributed by atoms with Crippen molar-refractivity contribution in [2.45, 2.75) is 6.54 Å². The van der Waals surface area contributed by atoms with Crippen LogP contribution in [-0.2, 0) is 11.3 Å². The fourth-order valence-electron chi connectivity index (χ4n) is 3.34. The van der Waals surface area contributed by atoms with Gasteiger partial charge in [0.25, 0.3) is 5.56 Å². The third kappa shape index (κ3) is 3.59. The number of benzene rings is 2. The Hall–Kier alpha value is -3.85. The van der Waals surface area contributed by atoms with Gasteiger partial charge in [-0.25, -0.2) is 9.67 Å². The molecule has 4 aromatic rings. The summed E-state index contributed by atoms with van der Waals surface area (Å²) in [5.74, 6) is 0.820. The Morgan fingerprint density at radius 2 is 1.94 bits per heavy atom. The maximum absolute atomic E-state index is 12.9. The molecule has 3 heterocycles. The Kier molecular flexibility index (Phi) is 4.79. The molecule has 5 rings (SSSR count). The van der Waals surface area contributed by atoms with Gasteiger partial charge in [-0.15, -0.1) is 0 Å². The van der Waals surface area contributed by atoms with Crippen molar-refractivity contribution in [3.05, 3.63) is 70.4 Å². The van der Waals surface area contributed by atoms with Crippen LogP contribution in [0.25, 0.3) is 16.7 Å². The van der Waals surface area contributed by atoms with Crippen molar-refractivity contribution >= 4 is 34.2 Å². The minimum Gasteiger partial charge on any atom is -0.486 e. The lowest BCUT2D eigenvalue weighted by Crippen LogP contribution is -2.28. The molecule has 31 heavy (non-hydrogen) atoms. The molecule has 0 saturated carbocycles. The monoisotopic (exact) mass is 437 g/mol. The molecule has 0 aliphatic carbocycles. The molecule has 0 bridgehead atoms. The Labute approximate surface area is 180 Å². The summed E-state index contributed by atoms with van der Waals surface area (Å²) in [5.41, 5.74) is 1.14. The standard InChI is InChI=1S/C21H16ClN5O4/c22-15-3-1-2-4-16(15)27-20-14(10-24-27)21(29)26(12-23-20)11-19(28)25-13-5-6-17-18(9-13)31-8-7-30-17/h1-6,9-10,12H,7-8,11H2,(H,25,28). The lowest BCUT2D eigenvalue weighted by Gasteiger charge is -2.19. The fraction of sp³-hybridized carbons (Fsp3) is 0.143. The molecule has 9 nitrogen and oxygen atoms in total. The van der Waals surface area contributed by atoms with Gasteiger partial charge in [0.05, 0.1) is 16.9 Å². The molecule has 2 aromatic carbocycles. The zero-order valence-corrected chi connectivity index (χ0v) is 16.9. The van der Waals surface area contributed by atoms with Gasteiger partial charge in [-0.1, -0.05) is 23.7 Å². The number of carbonyl (C=O) groups is 1. The summed E-state index contributed by atoms with van der Waals surface area (Å²) >= 11 is 6.24. The molecule has 0 atom stereocenters. The van der Waals surface area contributed by atoms with Gasteiger partial charge in [0, 0.05) is 11.8 Å². The second-order valence-electron chi connectivity index (χ2n) is 6.83. The van der Waals surface area contributed by atoms with E-state index in [9.17, 15) is 9.59 Å². The number of nitrogens with zero attached hydrogens (tertiary/aromatic N) is 4. The van der Waals surface area contributed by atoms with E-state index in [1.54, 1.807) is 36.4 Å². The molecule has 10 heteroatoms. The van der Waals surface area contributed by atoms with E-state index < -0.39 is 0 Å². The zero-order valence-electron chi connectivity index (χ0n) is 16.1. The highest BCUT2D eigenvalue weighted by atomic mass is 35.5. The van der Waals surface area contributed by atoms with Crippen LogP contribution in [0.1, 0.15) is 0 Å². The Morgan fingerprint density at radius 1 is 1.13 bits per heavy atom. The minimum atomic E-state index is -0.376. The van der Waals surface area contributed by atoms with Crippen molar-refractivity contribution in [1.29, 1.82) is 0 Å². The second kappa shape index (κ2) is 7.77. The summed E-state index contributed by atoms with van der Waals surface area (Å²) < 4.78 is 13.7. The Bertz CT molecular complexity index is 1360. The molecular formula is C21H16ClN5O4. The highest BCUT2D eigenvalue weighted by Crippen LogP contribution is 2.32. The normalized spacial score (nSPS) is 12.7. The second-order valence-corrected chi connectivity index (χ2v) is 7.24. The molecule has 1 aliphatic rings. The molecule has 2 aromatic heterocycles.